The van der Waals surface area contributed by atoms with Gasteiger partial charge in [0.2, 0.25) is 0 Å². The van der Waals surface area contributed by atoms with Gasteiger partial charge in [-0.05, 0) is 44.9 Å². The number of carboxylic acid groups (broad SMARTS) is 1. The molecule has 1 saturated carbocycles. The number of pyridine rings is 1. The molecule has 2 aromatic heterocycles. The third-order valence-electron chi connectivity index (χ3n) is 7.19. The van der Waals surface area contributed by atoms with Crippen LogP contribution in [-0.4, -0.2) is 49.4 Å². The van der Waals surface area contributed by atoms with Gasteiger partial charge in [0.05, 0.1) is 35.0 Å². The summed E-state index contributed by atoms with van der Waals surface area (Å²) in [6.45, 7) is 7.43. The van der Waals surface area contributed by atoms with Gasteiger partial charge in [-0.1, -0.05) is 54.6 Å². The Hall–Kier alpha value is -3.75. The summed E-state index contributed by atoms with van der Waals surface area (Å²) in [5.41, 5.74) is 2.19. The first kappa shape index (κ1) is 26.8. The predicted octanol–water partition coefficient (Wildman–Crippen LogP) is 7.07. The molecular formula is C31H33N3O4S. The average Bonchev–Trinajstić information content (AvgIpc) is 3.33. The van der Waals surface area contributed by atoms with E-state index in [9.17, 15) is 15.0 Å². The minimum atomic E-state index is -0.996. The molecule has 1 aliphatic carbocycles. The van der Waals surface area contributed by atoms with E-state index in [4.69, 9.17) is 9.72 Å². The summed E-state index contributed by atoms with van der Waals surface area (Å²) in [7, 11) is 1.62. The lowest BCUT2D eigenvalue weighted by Crippen LogP contribution is -2.67. The summed E-state index contributed by atoms with van der Waals surface area (Å²) >= 11 is 1.59. The molecule has 0 atom stereocenters. The van der Waals surface area contributed by atoms with Gasteiger partial charge in [-0.25, -0.2) is 9.78 Å². The van der Waals surface area contributed by atoms with Crippen molar-refractivity contribution in [3.63, 3.8) is 0 Å². The van der Waals surface area contributed by atoms with E-state index in [-0.39, 0.29) is 0 Å². The maximum Gasteiger partial charge on any atom is 0.408 e. The van der Waals surface area contributed by atoms with Crippen LogP contribution < -0.4 is 4.74 Å². The van der Waals surface area contributed by atoms with Gasteiger partial charge < -0.3 is 14.9 Å². The maximum absolute atomic E-state index is 12.5. The quantitative estimate of drug-likeness (QED) is 0.270. The molecular weight excluding hydrogens is 510 g/mol. The molecule has 1 aliphatic rings. The molecule has 2 N–H and O–H groups in total. The zero-order valence-electron chi connectivity index (χ0n) is 22.8. The molecule has 0 saturated heterocycles. The smallest absolute Gasteiger partial charge is 0.408 e. The fourth-order valence-corrected chi connectivity index (χ4v) is 6.90. The zero-order valence-corrected chi connectivity index (χ0v) is 23.6. The van der Waals surface area contributed by atoms with Crippen molar-refractivity contribution in [3.05, 3.63) is 78.6 Å². The van der Waals surface area contributed by atoms with Gasteiger partial charge in [0.15, 0.2) is 0 Å². The van der Waals surface area contributed by atoms with Crippen LogP contribution in [-0.2, 0) is 5.54 Å². The van der Waals surface area contributed by atoms with Crippen LogP contribution in [0.1, 0.15) is 46.1 Å². The number of nitrogens with zero attached hydrogens (tertiary/aromatic N) is 3. The van der Waals surface area contributed by atoms with Crippen molar-refractivity contribution in [2.24, 2.45) is 0 Å². The van der Waals surface area contributed by atoms with E-state index < -0.39 is 22.8 Å². The minimum Gasteiger partial charge on any atom is -0.495 e. The predicted molar refractivity (Wildman–Crippen MR) is 154 cm³/mol. The molecule has 8 heteroatoms. The second-order valence-electron chi connectivity index (χ2n) is 11.4. The summed E-state index contributed by atoms with van der Waals surface area (Å²) in [6, 6.07) is 20.0. The number of ether oxygens (including phenoxy) is 1. The summed E-state index contributed by atoms with van der Waals surface area (Å²) in [4.78, 5) is 24.3. The average molecular weight is 544 g/mol. The molecule has 0 spiro atoms. The van der Waals surface area contributed by atoms with E-state index in [0.717, 1.165) is 37.8 Å². The number of aromatic nitrogens is 2. The normalized spacial score (nSPS) is 20.8. The Kier molecular flexibility index (Phi) is 6.73. The van der Waals surface area contributed by atoms with Crippen molar-refractivity contribution in [1.82, 2.24) is 14.9 Å². The van der Waals surface area contributed by atoms with Crippen LogP contribution >= 0.6 is 11.3 Å². The summed E-state index contributed by atoms with van der Waals surface area (Å²) in [5.74, 6) is 0.665. The zero-order chi connectivity index (χ0) is 28.0. The van der Waals surface area contributed by atoms with E-state index in [2.05, 4.69) is 17.1 Å². The molecule has 1 fully saturated rings. The first-order valence-electron chi connectivity index (χ1n) is 12.9. The van der Waals surface area contributed by atoms with E-state index in [1.807, 2.05) is 69.3 Å². The van der Waals surface area contributed by atoms with Crippen LogP contribution in [0.5, 0.6) is 5.75 Å². The Labute approximate surface area is 232 Å². The van der Waals surface area contributed by atoms with E-state index in [1.54, 1.807) is 37.8 Å². The molecule has 39 heavy (non-hydrogen) atoms. The van der Waals surface area contributed by atoms with Gasteiger partial charge in [0.25, 0.3) is 0 Å². The fourth-order valence-electron chi connectivity index (χ4n) is 5.82. The number of rotatable bonds is 6. The van der Waals surface area contributed by atoms with Gasteiger partial charge >= 0.3 is 6.09 Å². The highest BCUT2D eigenvalue weighted by molar-refractivity contribution is 7.19. The number of amides is 1. The molecule has 0 unspecified atom stereocenters. The summed E-state index contributed by atoms with van der Waals surface area (Å²) in [6.07, 6.45) is 3.12. The molecule has 4 aromatic rings. The molecule has 2 aromatic carbocycles. The number of thiazole rings is 1. The molecule has 0 radical (unpaired) electrons. The van der Waals surface area contributed by atoms with Crippen LogP contribution in [0.3, 0.4) is 0 Å². The number of benzene rings is 2. The molecule has 5 rings (SSSR count). The minimum absolute atomic E-state index is 0.335. The SMILES string of the molecule is COc1cncc(-c2nc(-c3ccc([C@]4(N(C(=O)O)C(C)(C)C)C[C@@](C)(O)C4)cc3)c(-c3ccccc3)s2)c1. The van der Waals surface area contributed by atoms with Crippen LogP contribution in [0.4, 0.5) is 4.79 Å². The van der Waals surface area contributed by atoms with Gasteiger partial charge in [0, 0.05) is 35.7 Å². The number of methoxy groups -OCH3 is 1. The van der Waals surface area contributed by atoms with E-state index >= 15 is 0 Å². The van der Waals surface area contributed by atoms with Crippen molar-refractivity contribution in [1.29, 1.82) is 0 Å². The van der Waals surface area contributed by atoms with E-state index in [0.29, 0.717) is 18.6 Å². The van der Waals surface area contributed by atoms with Gasteiger partial charge in [0.1, 0.15) is 10.8 Å². The van der Waals surface area contributed by atoms with Crippen molar-refractivity contribution in [3.8, 4) is 38.0 Å². The monoisotopic (exact) mass is 543 g/mol. The van der Waals surface area contributed by atoms with Crippen molar-refractivity contribution >= 4 is 17.4 Å². The lowest BCUT2D eigenvalue weighted by molar-refractivity contribution is -0.152. The Morgan fingerprint density at radius 3 is 2.23 bits per heavy atom. The first-order chi connectivity index (χ1) is 18.4. The van der Waals surface area contributed by atoms with Crippen LogP contribution in [0, 0.1) is 0 Å². The standard InChI is InChI=1S/C31H33N3O4S/c1-29(2,3)34(28(35)36)31(18-30(4,37)19-31)23-13-11-20(12-14-23)25-26(21-9-7-6-8-10-21)39-27(33-25)22-15-24(38-5)17-32-16-22/h6-17,37H,18-19H2,1-5H3,(H,35,36)/t30-,31+. The lowest BCUT2D eigenvalue weighted by Gasteiger charge is -2.60. The Morgan fingerprint density at radius 1 is 1.00 bits per heavy atom. The second kappa shape index (κ2) is 9.77. The number of hydrogen-bond acceptors (Lipinski definition) is 6. The number of carbonyl (C=O) groups is 1. The maximum atomic E-state index is 12.5. The van der Waals surface area contributed by atoms with Gasteiger partial charge in [-0.2, -0.15) is 0 Å². The Bertz CT molecular complexity index is 1480. The van der Waals surface area contributed by atoms with Gasteiger partial charge in [-0.15, -0.1) is 11.3 Å². The Morgan fingerprint density at radius 2 is 1.67 bits per heavy atom. The second-order valence-corrected chi connectivity index (χ2v) is 12.4. The Balaban J connectivity index is 1.60. The molecule has 202 valence electrons. The molecule has 2 heterocycles. The molecule has 7 nitrogen and oxygen atoms in total. The molecule has 0 bridgehead atoms. The van der Waals surface area contributed by atoms with Gasteiger partial charge in [-0.3, -0.25) is 9.88 Å². The van der Waals surface area contributed by atoms with Crippen molar-refractivity contribution in [2.45, 2.75) is 57.2 Å². The lowest BCUT2D eigenvalue weighted by atomic mass is 9.60. The fraction of sp³-hybridized carbons (Fsp3) is 0.323. The van der Waals surface area contributed by atoms with E-state index in [1.165, 1.54) is 4.90 Å². The number of aliphatic hydroxyl groups is 1. The first-order valence-corrected chi connectivity index (χ1v) is 13.7. The largest absolute Gasteiger partial charge is 0.495 e. The molecule has 1 amide bonds. The summed E-state index contributed by atoms with van der Waals surface area (Å²) < 4.78 is 5.37. The van der Waals surface area contributed by atoms with Crippen molar-refractivity contribution < 1.29 is 19.7 Å². The highest BCUT2D eigenvalue weighted by atomic mass is 32.1. The third-order valence-corrected chi connectivity index (χ3v) is 8.34. The molecule has 0 aliphatic heterocycles. The van der Waals surface area contributed by atoms with Crippen LogP contribution in [0.2, 0.25) is 0 Å². The highest BCUT2D eigenvalue weighted by Gasteiger charge is 2.59. The van der Waals surface area contributed by atoms with Crippen LogP contribution in [0.15, 0.2) is 73.1 Å². The summed E-state index contributed by atoms with van der Waals surface area (Å²) in [5, 5.41) is 21.7. The van der Waals surface area contributed by atoms with Crippen molar-refractivity contribution in [2.75, 3.05) is 7.11 Å². The topological polar surface area (TPSA) is 95.8 Å². The third kappa shape index (κ3) is 5.02. The van der Waals surface area contributed by atoms with Crippen LogP contribution in [0.25, 0.3) is 32.3 Å². The highest BCUT2D eigenvalue weighted by Crippen LogP contribution is 2.54. The number of hydrogen-bond donors (Lipinski definition) is 2.